The topological polar surface area (TPSA) is 24.9 Å². The minimum absolute atomic E-state index is 0.197. The van der Waals surface area contributed by atoms with Crippen LogP contribution >= 0.6 is 27.5 Å². The lowest BCUT2D eigenvalue weighted by atomic mass is 10.1. The van der Waals surface area contributed by atoms with E-state index in [0.717, 1.165) is 10.2 Å². The zero-order valence-electron chi connectivity index (χ0n) is 9.32. The van der Waals surface area contributed by atoms with Gasteiger partial charge in [-0.1, -0.05) is 39.7 Å². The first kappa shape index (κ1) is 12.4. The van der Waals surface area contributed by atoms with Crippen molar-refractivity contribution in [3.63, 3.8) is 0 Å². The Hall–Kier alpha value is -1.06. The minimum atomic E-state index is 0.197. The molecule has 0 aliphatic rings. The monoisotopic (exact) mass is 310 g/mol. The maximum atomic E-state index is 6.05. The van der Waals surface area contributed by atoms with Crippen LogP contribution in [-0.4, -0.2) is 4.98 Å². The molecule has 0 saturated heterocycles. The number of pyridine rings is 1. The van der Waals surface area contributed by atoms with Gasteiger partial charge in [-0.15, -0.1) is 0 Å². The van der Waals surface area contributed by atoms with E-state index in [4.69, 9.17) is 11.6 Å². The molecule has 88 valence electrons. The van der Waals surface area contributed by atoms with E-state index in [0.29, 0.717) is 5.02 Å². The number of aromatic nitrogens is 1. The predicted molar refractivity (Wildman–Crippen MR) is 75.4 cm³/mol. The standard InChI is InChI=1S/C13H12BrClN2/c1-9(10-2-4-11(14)5-3-10)17-13-6-7-16-8-12(13)15/h2-9H,1H3,(H,16,17). The second-order valence-electron chi connectivity index (χ2n) is 3.77. The molecule has 1 aromatic carbocycles. The molecule has 0 amide bonds. The number of hydrogen-bond acceptors (Lipinski definition) is 2. The first-order chi connectivity index (χ1) is 8.16. The zero-order valence-corrected chi connectivity index (χ0v) is 11.7. The van der Waals surface area contributed by atoms with Crippen molar-refractivity contribution in [3.8, 4) is 0 Å². The van der Waals surface area contributed by atoms with Crippen LogP contribution in [0.2, 0.25) is 5.02 Å². The van der Waals surface area contributed by atoms with Gasteiger partial charge in [0, 0.05) is 22.9 Å². The number of halogens is 2. The average molecular weight is 312 g/mol. The Morgan fingerprint density at radius 3 is 2.59 bits per heavy atom. The van der Waals surface area contributed by atoms with Crippen molar-refractivity contribution < 1.29 is 0 Å². The lowest BCUT2D eigenvalue weighted by Crippen LogP contribution is -2.06. The Balaban J connectivity index is 2.14. The molecule has 2 rings (SSSR count). The lowest BCUT2D eigenvalue weighted by molar-refractivity contribution is 0.883. The second kappa shape index (κ2) is 5.52. The Labute approximate surface area is 114 Å². The van der Waals surface area contributed by atoms with Crippen molar-refractivity contribution in [2.24, 2.45) is 0 Å². The van der Waals surface area contributed by atoms with Crippen LogP contribution in [0.3, 0.4) is 0 Å². The van der Waals surface area contributed by atoms with Gasteiger partial charge >= 0.3 is 0 Å². The molecule has 0 aliphatic carbocycles. The molecule has 0 bridgehead atoms. The molecule has 0 aliphatic heterocycles. The van der Waals surface area contributed by atoms with E-state index in [2.05, 4.69) is 45.3 Å². The van der Waals surface area contributed by atoms with Crippen molar-refractivity contribution in [2.75, 3.05) is 5.32 Å². The highest BCUT2D eigenvalue weighted by Gasteiger charge is 2.07. The number of nitrogens with one attached hydrogen (secondary N) is 1. The van der Waals surface area contributed by atoms with Gasteiger partial charge in [-0.25, -0.2) is 0 Å². The fourth-order valence-corrected chi connectivity index (χ4v) is 2.00. The molecule has 0 fully saturated rings. The summed E-state index contributed by atoms with van der Waals surface area (Å²) in [6.45, 7) is 2.10. The van der Waals surface area contributed by atoms with Crippen LogP contribution in [0.4, 0.5) is 5.69 Å². The molecule has 0 radical (unpaired) electrons. The van der Waals surface area contributed by atoms with Gasteiger partial charge < -0.3 is 5.32 Å². The van der Waals surface area contributed by atoms with E-state index in [1.165, 1.54) is 5.56 Å². The molecule has 0 saturated carbocycles. The van der Waals surface area contributed by atoms with E-state index in [9.17, 15) is 0 Å². The fraction of sp³-hybridized carbons (Fsp3) is 0.154. The van der Waals surface area contributed by atoms with Gasteiger partial charge in [-0.05, 0) is 30.7 Å². The quantitative estimate of drug-likeness (QED) is 0.891. The van der Waals surface area contributed by atoms with E-state index < -0.39 is 0 Å². The Morgan fingerprint density at radius 1 is 1.24 bits per heavy atom. The summed E-state index contributed by atoms with van der Waals surface area (Å²) in [5.41, 5.74) is 2.11. The van der Waals surface area contributed by atoms with Crippen LogP contribution in [0.5, 0.6) is 0 Å². The third kappa shape index (κ3) is 3.20. The summed E-state index contributed by atoms with van der Waals surface area (Å²) in [6.07, 6.45) is 3.36. The van der Waals surface area contributed by atoms with Gasteiger partial charge in [0.2, 0.25) is 0 Å². The molecule has 1 unspecified atom stereocenters. The minimum Gasteiger partial charge on any atom is -0.377 e. The summed E-state index contributed by atoms with van der Waals surface area (Å²) in [5, 5.41) is 3.99. The molecule has 1 heterocycles. The van der Waals surface area contributed by atoms with Gasteiger partial charge in [0.15, 0.2) is 0 Å². The molecule has 4 heteroatoms. The number of rotatable bonds is 3. The van der Waals surface area contributed by atoms with Crippen LogP contribution in [0, 0.1) is 0 Å². The smallest absolute Gasteiger partial charge is 0.0820 e. The van der Waals surface area contributed by atoms with Crippen molar-refractivity contribution in [1.82, 2.24) is 4.98 Å². The van der Waals surface area contributed by atoms with Crippen LogP contribution in [-0.2, 0) is 0 Å². The summed E-state index contributed by atoms with van der Waals surface area (Å²) in [5.74, 6) is 0. The summed E-state index contributed by atoms with van der Waals surface area (Å²) < 4.78 is 1.08. The third-order valence-corrected chi connectivity index (χ3v) is 3.34. The maximum Gasteiger partial charge on any atom is 0.0820 e. The van der Waals surface area contributed by atoms with Gasteiger partial charge in [0.05, 0.1) is 10.7 Å². The predicted octanol–water partition coefficient (Wildman–Crippen LogP) is 4.67. The third-order valence-electron chi connectivity index (χ3n) is 2.51. The maximum absolute atomic E-state index is 6.05. The van der Waals surface area contributed by atoms with Gasteiger partial charge in [0.1, 0.15) is 0 Å². The van der Waals surface area contributed by atoms with Gasteiger partial charge in [0.25, 0.3) is 0 Å². The van der Waals surface area contributed by atoms with E-state index >= 15 is 0 Å². The highest BCUT2D eigenvalue weighted by Crippen LogP contribution is 2.25. The van der Waals surface area contributed by atoms with Gasteiger partial charge in [-0.2, -0.15) is 0 Å². The van der Waals surface area contributed by atoms with Crippen molar-refractivity contribution in [3.05, 3.63) is 57.8 Å². The summed E-state index contributed by atoms with van der Waals surface area (Å²) >= 11 is 9.47. The van der Waals surface area contributed by atoms with Gasteiger partial charge in [-0.3, -0.25) is 4.98 Å². The summed E-state index contributed by atoms with van der Waals surface area (Å²) in [4.78, 5) is 3.96. The number of nitrogens with zero attached hydrogens (tertiary/aromatic N) is 1. The molecule has 2 aromatic rings. The molecule has 1 N–H and O–H groups in total. The fourth-order valence-electron chi connectivity index (χ4n) is 1.56. The van der Waals surface area contributed by atoms with E-state index in [-0.39, 0.29) is 6.04 Å². The normalized spacial score (nSPS) is 12.2. The Kier molecular flexibility index (Phi) is 4.02. The van der Waals surface area contributed by atoms with Crippen molar-refractivity contribution in [2.45, 2.75) is 13.0 Å². The molecule has 2 nitrogen and oxygen atoms in total. The summed E-state index contributed by atoms with van der Waals surface area (Å²) in [6, 6.07) is 10.3. The molecule has 1 atom stereocenters. The van der Waals surface area contributed by atoms with Crippen LogP contribution in [0.15, 0.2) is 47.2 Å². The van der Waals surface area contributed by atoms with Crippen LogP contribution < -0.4 is 5.32 Å². The number of anilines is 1. The first-order valence-corrected chi connectivity index (χ1v) is 6.45. The molecule has 0 spiro atoms. The van der Waals surface area contributed by atoms with E-state index in [1.54, 1.807) is 12.4 Å². The molecular formula is C13H12BrClN2. The Morgan fingerprint density at radius 2 is 1.94 bits per heavy atom. The highest BCUT2D eigenvalue weighted by molar-refractivity contribution is 9.10. The molecule has 1 aromatic heterocycles. The second-order valence-corrected chi connectivity index (χ2v) is 5.10. The number of hydrogen-bond donors (Lipinski definition) is 1. The SMILES string of the molecule is CC(Nc1ccncc1Cl)c1ccc(Br)cc1. The largest absolute Gasteiger partial charge is 0.377 e. The van der Waals surface area contributed by atoms with Crippen LogP contribution in [0.25, 0.3) is 0 Å². The molecular weight excluding hydrogens is 300 g/mol. The Bertz CT molecular complexity index is 499. The zero-order chi connectivity index (χ0) is 12.3. The van der Waals surface area contributed by atoms with Crippen molar-refractivity contribution >= 4 is 33.2 Å². The lowest BCUT2D eigenvalue weighted by Gasteiger charge is -2.16. The van der Waals surface area contributed by atoms with Crippen molar-refractivity contribution in [1.29, 1.82) is 0 Å². The van der Waals surface area contributed by atoms with Crippen LogP contribution in [0.1, 0.15) is 18.5 Å². The molecule has 17 heavy (non-hydrogen) atoms. The van der Waals surface area contributed by atoms with E-state index in [1.807, 2.05) is 18.2 Å². The summed E-state index contributed by atoms with van der Waals surface area (Å²) in [7, 11) is 0. The average Bonchev–Trinajstić information content (AvgIpc) is 2.33. The first-order valence-electron chi connectivity index (χ1n) is 5.28. The number of benzene rings is 1. The highest BCUT2D eigenvalue weighted by atomic mass is 79.9.